The minimum Gasteiger partial charge on any atom is -0.354 e. The lowest BCUT2D eigenvalue weighted by Crippen LogP contribution is -2.55. The zero-order valence-electron chi connectivity index (χ0n) is 16.9. The Morgan fingerprint density at radius 2 is 1.93 bits per heavy atom. The van der Waals surface area contributed by atoms with Gasteiger partial charge >= 0.3 is 0 Å². The van der Waals surface area contributed by atoms with Gasteiger partial charge in [-0.25, -0.2) is 4.98 Å². The van der Waals surface area contributed by atoms with Gasteiger partial charge in [-0.1, -0.05) is 30.3 Å². The molecule has 30 heavy (non-hydrogen) atoms. The van der Waals surface area contributed by atoms with Crippen LogP contribution in [0, 0.1) is 5.92 Å². The fraction of sp³-hybridized carbons (Fsp3) is 0.435. The molecule has 0 bridgehead atoms. The van der Waals surface area contributed by atoms with Crippen LogP contribution in [-0.4, -0.2) is 52.7 Å². The Morgan fingerprint density at radius 3 is 2.80 bits per heavy atom. The summed E-state index contributed by atoms with van der Waals surface area (Å²) < 4.78 is 1.95. The smallest absolute Gasteiger partial charge is 0.226 e. The number of hydrogen-bond acceptors (Lipinski definition) is 5. The monoisotopic (exact) mass is 402 g/mol. The minimum absolute atomic E-state index is 0.0420. The van der Waals surface area contributed by atoms with Crippen LogP contribution in [0.25, 0.3) is 5.65 Å². The maximum Gasteiger partial charge on any atom is 0.226 e. The molecule has 0 radical (unpaired) electrons. The summed E-state index contributed by atoms with van der Waals surface area (Å²) in [5.74, 6) is 1.83. The summed E-state index contributed by atoms with van der Waals surface area (Å²) in [7, 11) is 0. The van der Waals surface area contributed by atoms with Crippen molar-refractivity contribution in [2.75, 3.05) is 31.1 Å². The van der Waals surface area contributed by atoms with Crippen LogP contribution in [-0.2, 0) is 17.6 Å². The van der Waals surface area contributed by atoms with Gasteiger partial charge in [-0.05, 0) is 24.9 Å². The second kappa shape index (κ2) is 7.09. The number of hydrogen-bond donors (Lipinski definition) is 2. The predicted octanol–water partition coefficient (Wildman–Crippen LogP) is 1.53. The third kappa shape index (κ3) is 3.04. The number of carbonyl (C=O) groups is 1. The topological polar surface area (TPSA) is 74.6 Å². The van der Waals surface area contributed by atoms with Crippen molar-refractivity contribution in [3.05, 3.63) is 59.4 Å². The average Bonchev–Trinajstić information content (AvgIpc) is 3.40. The van der Waals surface area contributed by atoms with Gasteiger partial charge in [-0.2, -0.15) is 9.61 Å². The molecule has 2 aliphatic heterocycles. The van der Waals surface area contributed by atoms with Gasteiger partial charge in [-0.15, -0.1) is 0 Å². The minimum atomic E-state index is 0.0420. The van der Waals surface area contributed by atoms with E-state index in [1.54, 1.807) is 0 Å². The largest absolute Gasteiger partial charge is 0.354 e. The summed E-state index contributed by atoms with van der Waals surface area (Å²) in [6.45, 7) is 3.40. The maximum atomic E-state index is 12.8. The fourth-order valence-electron chi connectivity index (χ4n) is 4.88. The van der Waals surface area contributed by atoms with Gasteiger partial charge in [0, 0.05) is 49.6 Å². The Morgan fingerprint density at radius 1 is 1.10 bits per heavy atom. The van der Waals surface area contributed by atoms with E-state index in [9.17, 15) is 4.79 Å². The van der Waals surface area contributed by atoms with Crippen molar-refractivity contribution in [3.8, 4) is 0 Å². The van der Waals surface area contributed by atoms with Crippen LogP contribution in [0.3, 0.4) is 0 Å². The number of rotatable bonds is 4. The first-order chi connectivity index (χ1) is 14.8. The van der Waals surface area contributed by atoms with Crippen molar-refractivity contribution in [3.63, 3.8) is 0 Å². The number of anilines is 1. The second-order valence-electron chi connectivity index (χ2n) is 8.68. The molecular weight excluding hydrogens is 376 g/mol. The highest BCUT2D eigenvalue weighted by Crippen LogP contribution is 2.41. The molecular formula is C23H26N6O. The summed E-state index contributed by atoms with van der Waals surface area (Å²) in [5.41, 5.74) is 4.66. The molecule has 0 spiro atoms. The first kappa shape index (κ1) is 17.9. The van der Waals surface area contributed by atoms with E-state index in [1.165, 1.54) is 16.8 Å². The van der Waals surface area contributed by atoms with Crippen molar-refractivity contribution in [2.24, 2.45) is 5.92 Å². The highest BCUT2D eigenvalue weighted by Gasteiger charge is 2.43. The molecule has 2 aromatic heterocycles. The lowest BCUT2D eigenvalue weighted by molar-refractivity contribution is -0.125. The molecule has 6 rings (SSSR count). The van der Waals surface area contributed by atoms with Crippen molar-refractivity contribution in [2.45, 2.75) is 31.2 Å². The molecule has 1 aromatic carbocycles. The van der Waals surface area contributed by atoms with E-state index < -0.39 is 0 Å². The first-order valence-electron chi connectivity index (χ1n) is 10.9. The van der Waals surface area contributed by atoms with Gasteiger partial charge in [0.2, 0.25) is 5.91 Å². The van der Waals surface area contributed by atoms with E-state index in [1.807, 2.05) is 22.8 Å². The molecule has 1 amide bonds. The summed E-state index contributed by atoms with van der Waals surface area (Å²) in [5, 5.41) is 11.3. The quantitative estimate of drug-likeness (QED) is 0.692. The standard InChI is InChI=1S/C23H26N6O/c30-22(27-20-12-18(20)15-4-2-1-3-5-15)16-13-28(14-16)23-17-6-9-24-10-7-19(17)26-21-8-11-25-29(21)23/h1-5,8,11,16,18,20,24H,6-7,9-10,12-14H2,(H,27,30). The van der Waals surface area contributed by atoms with E-state index in [-0.39, 0.29) is 17.9 Å². The highest BCUT2D eigenvalue weighted by atomic mass is 16.2. The number of nitrogens with zero attached hydrogens (tertiary/aromatic N) is 4. The molecule has 2 atom stereocenters. The van der Waals surface area contributed by atoms with Gasteiger partial charge in [0.05, 0.1) is 17.8 Å². The molecule has 4 heterocycles. The van der Waals surface area contributed by atoms with Crippen LogP contribution in [0.15, 0.2) is 42.6 Å². The Balaban J connectivity index is 1.16. The fourth-order valence-corrected chi connectivity index (χ4v) is 4.88. The third-order valence-corrected chi connectivity index (χ3v) is 6.68. The van der Waals surface area contributed by atoms with Crippen molar-refractivity contribution in [1.29, 1.82) is 0 Å². The lowest BCUT2D eigenvalue weighted by atomic mass is 9.97. The Bertz CT molecular complexity index is 1090. The van der Waals surface area contributed by atoms with E-state index >= 15 is 0 Å². The van der Waals surface area contributed by atoms with E-state index in [0.717, 1.165) is 56.9 Å². The van der Waals surface area contributed by atoms with Crippen molar-refractivity contribution >= 4 is 17.4 Å². The normalized spacial score (nSPS) is 23.5. The number of amides is 1. The zero-order chi connectivity index (χ0) is 20.1. The van der Waals surface area contributed by atoms with Crippen LogP contribution >= 0.6 is 0 Å². The summed E-state index contributed by atoms with van der Waals surface area (Å²) in [6.07, 6.45) is 4.74. The number of benzene rings is 1. The molecule has 3 aromatic rings. The van der Waals surface area contributed by atoms with Gasteiger partial charge in [0.1, 0.15) is 5.82 Å². The van der Waals surface area contributed by atoms with Gasteiger partial charge in [0.25, 0.3) is 0 Å². The molecule has 7 nitrogen and oxygen atoms in total. The number of nitrogens with one attached hydrogen (secondary N) is 2. The summed E-state index contributed by atoms with van der Waals surface area (Å²) >= 11 is 0. The van der Waals surface area contributed by atoms with Crippen molar-refractivity contribution in [1.82, 2.24) is 25.2 Å². The van der Waals surface area contributed by atoms with Crippen LogP contribution in [0.4, 0.5) is 5.82 Å². The lowest BCUT2D eigenvalue weighted by Gasteiger charge is -2.41. The van der Waals surface area contributed by atoms with E-state index in [2.05, 4.69) is 44.9 Å². The number of aromatic nitrogens is 3. The molecule has 2 unspecified atom stereocenters. The average molecular weight is 403 g/mol. The second-order valence-corrected chi connectivity index (χ2v) is 8.68. The molecule has 7 heteroatoms. The molecule has 1 saturated carbocycles. The van der Waals surface area contributed by atoms with Crippen LogP contribution in [0.2, 0.25) is 0 Å². The zero-order valence-corrected chi connectivity index (χ0v) is 16.9. The Hall–Kier alpha value is -2.93. The van der Waals surface area contributed by atoms with Crippen LogP contribution < -0.4 is 15.5 Å². The summed E-state index contributed by atoms with van der Waals surface area (Å²) in [4.78, 5) is 19.9. The molecule has 3 aliphatic rings. The van der Waals surface area contributed by atoms with Gasteiger partial charge in [0.15, 0.2) is 5.65 Å². The molecule has 2 fully saturated rings. The van der Waals surface area contributed by atoms with Crippen LogP contribution in [0.5, 0.6) is 0 Å². The van der Waals surface area contributed by atoms with Gasteiger partial charge in [-0.3, -0.25) is 4.79 Å². The Kier molecular flexibility index (Phi) is 4.23. The highest BCUT2D eigenvalue weighted by molar-refractivity contribution is 5.83. The predicted molar refractivity (Wildman–Crippen MR) is 115 cm³/mol. The molecule has 2 N–H and O–H groups in total. The van der Waals surface area contributed by atoms with Crippen molar-refractivity contribution < 1.29 is 4.79 Å². The van der Waals surface area contributed by atoms with Crippen LogP contribution in [0.1, 0.15) is 29.2 Å². The van der Waals surface area contributed by atoms with E-state index in [4.69, 9.17) is 4.98 Å². The molecule has 154 valence electrons. The maximum absolute atomic E-state index is 12.8. The van der Waals surface area contributed by atoms with E-state index in [0.29, 0.717) is 5.92 Å². The Labute approximate surface area is 175 Å². The first-order valence-corrected chi connectivity index (χ1v) is 10.9. The molecule has 1 saturated heterocycles. The number of fused-ring (bicyclic) bond motifs is 2. The summed E-state index contributed by atoms with van der Waals surface area (Å²) in [6, 6.07) is 12.7. The number of carbonyl (C=O) groups excluding carboxylic acids is 1. The third-order valence-electron chi connectivity index (χ3n) is 6.68. The van der Waals surface area contributed by atoms with Gasteiger partial charge < -0.3 is 15.5 Å². The molecule has 1 aliphatic carbocycles. The SMILES string of the molecule is O=C(NC1CC1c1ccccc1)C1CN(c2c3c(nc4ccnn24)CCNCC3)C1.